The maximum Gasteiger partial charge on any atom is 2.00 e. The zero-order valence-electron chi connectivity index (χ0n) is 23.0. The van der Waals surface area contributed by atoms with Gasteiger partial charge in [-0.2, -0.15) is 15.9 Å². The molecule has 35 heavy (non-hydrogen) atoms. The molecule has 196 valence electrons. The van der Waals surface area contributed by atoms with Crippen molar-refractivity contribution < 1.29 is 29.4 Å². The van der Waals surface area contributed by atoms with Crippen LogP contribution >= 0.6 is 15.9 Å². The van der Waals surface area contributed by atoms with Gasteiger partial charge in [-0.1, -0.05) is 117 Å². The van der Waals surface area contributed by atoms with E-state index in [2.05, 4.69) is 13.8 Å². The Morgan fingerprint density at radius 1 is 0.314 bits per heavy atom. The molecule has 0 amide bonds. The zero-order valence-corrected chi connectivity index (χ0v) is 31.4. The number of hydrogen-bond acceptors (Lipinski definition) is 6. The van der Waals surface area contributed by atoms with Crippen molar-refractivity contribution in [3.8, 4) is 0 Å². The van der Waals surface area contributed by atoms with Gasteiger partial charge in [0.2, 0.25) is 0 Å². The van der Waals surface area contributed by atoms with Gasteiger partial charge in [0.1, 0.15) is 0 Å². The Kier molecular flexibility index (Phi) is 51.1. The van der Waals surface area contributed by atoms with Gasteiger partial charge in [0, 0.05) is 12.3 Å². The van der Waals surface area contributed by atoms with E-state index in [0.29, 0.717) is 12.8 Å². The van der Waals surface area contributed by atoms with Crippen LogP contribution in [0.4, 0.5) is 0 Å². The first-order chi connectivity index (χ1) is 15.1. The van der Waals surface area contributed by atoms with Crippen LogP contribution in [0.5, 0.6) is 0 Å². The second-order valence-electron chi connectivity index (χ2n) is 9.03. The Morgan fingerprint density at radius 3 is 0.657 bits per heavy atom. The Balaban J connectivity index is -0.000000158. The van der Waals surface area contributed by atoms with Gasteiger partial charge in [0.05, 0.1) is 0 Å². The van der Waals surface area contributed by atoms with Crippen molar-refractivity contribution >= 4 is 129 Å². The first kappa shape index (κ1) is 49.1. The average molecular weight is 617 g/mol. The third-order valence-electron chi connectivity index (χ3n) is 5.57. The van der Waals surface area contributed by atoms with Crippen molar-refractivity contribution in [2.45, 2.75) is 142 Å². The molecular formula is C24H50Ca3O6P2+2. The minimum absolute atomic E-state index is 0. The fraction of sp³-hybridized carbons (Fsp3) is 1.00. The molecule has 0 saturated heterocycles. The van der Waals surface area contributed by atoms with Crippen molar-refractivity contribution in [1.29, 1.82) is 0 Å². The molecule has 0 N–H and O–H groups in total. The molecule has 0 radical (unpaired) electrons. The van der Waals surface area contributed by atoms with Gasteiger partial charge in [-0.25, -0.2) is 0 Å². The third kappa shape index (κ3) is 55.1. The molecule has 0 aromatic heterocycles. The molecule has 0 unspecified atom stereocenters. The van der Waals surface area contributed by atoms with E-state index in [-0.39, 0.29) is 126 Å². The van der Waals surface area contributed by atoms with E-state index in [1.165, 1.54) is 89.9 Å². The molecule has 0 bridgehead atoms. The topological polar surface area (TPSA) is 138 Å². The molecule has 0 saturated carbocycles. The summed E-state index contributed by atoms with van der Waals surface area (Å²) >= 11 is 0. The van der Waals surface area contributed by atoms with Crippen LogP contribution in [-0.2, 0) is 0 Å². The van der Waals surface area contributed by atoms with Gasteiger partial charge < -0.3 is 29.4 Å². The van der Waals surface area contributed by atoms with E-state index in [9.17, 15) is 29.4 Å². The van der Waals surface area contributed by atoms with Gasteiger partial charge >= 0.3 is 113 Å². The van der Waals surface area contributed by atoms with Gasteiger partial charge in [-0.3, -0.25) is 0 Å². The summed E-state index contributed by atoms with van der Waals surface area (Å²) in [5.74, 6) is 0. The molecule has 0 fully saturated rings. The Hall–Kier alpha value is 4.40. The summed E-state index contributed by atoms with van der Waals surface area (Å²) in [5.41, 5.74) is 0. The number of rotatable bonds is 22. The van der Waals surface area contributed by atoms with Crippen molar-refractivity contribution in [2.75, 3.05) is 12.3 Å². The quantitative estimate of drug-likeness (QED) is 0.104. The first-order valence-corrected chi connectivity index (χ1v) is 16.6. The number of hydrogen-bond donors (Lipinski definition) is 0. The summed E-state index contributed by atoms with van der Waals surface area (Å²) < 4.78 is 0. The number of unbranched alkanes of at least 4 members (excludes halogenated alkanes) is 18. The molecule has 0 aromatic carbocycles. The van der Waals surface area contributed by atoms with Crippen LogP contribution in [0, 0.1) is 0 Å². The van der Waals surface area contributed by atoms with Gasteiger partial charge in [-0.15, -0.1) is 0 Å². The van der Waals surface area contributed by atoms with E-state index in [4.69, 9.17) is 0 Å². The Morgan fingerprint density at radius 2 is 0.486 bits per heavy atom. The predicted octanol–water partition coefficient (Wildman–Crippen LogP) is 2.36. The molecular weight excluding hydrogens is 566 g/mol. The molecule has 0 spiro atoms. The summed E-state index contributed by atoms with van der Waals surface area (Å²) in [4.78, 5) is 62.0. The summed E-state index contributed by atoms with van der Waals surface area (Å²) in [6.07, 6.45) is 22.6. The molecule has 0 aromatic rings. The van der Waals surface area contributed by atoms with Crippen molar-refractivity contribution in [2.24, 2.45) is 0 Å². The van der Waals surface area contributed by atoms with Crippen LogP contribution in [0.25, 0.3) is 0 Å². The molecule has 0 aliphatic carbocycles. The average Bonchev–Trinajstić information content (AvgIpc) is 2.70. The standard InChI is InChI=1S/2C12H27O3P.3Ca/c2*1-2-3-4-5-6-7-8-9-10-11-12-16(13,14)15;;;/h2*2-12H2,1H3,(H2,13,14,15);;;/q;;3*+2/p-4. The van der Waals surface area contributed by atoms with Crippen molar-refractivity contribution in [3.05, 3.63) is 0 Å². The Labute approximate surface area is 308 Å². The predicted molar refractivity (Wildman–Crippen MR) is 145 cm³/mol. The summed E-state index contributed by atoms with van der Waals surface area (Å²) in [6, 6.07) is 0. The largest absolute Gasteiger partial charge is 2.00 e. The van der Waals surface area contributed by atoms with Crippen LogP contribution in [0.1, 0.15) is 142 Å². The fourth-order valence-electron chi connectivity index (χ4n) is 3.59. The second-order valence-corrected chi connectivity index (χ2v) is 12.4. The maximum absolute atomic E-state index is 10.3. The smallest absolute Gasteiger partial charge is 0.688 e. The van der Waals surface area contributed by atoms with E-state index < -0.39 is 15.9 Å². The van der Waals surface area contributed by atoms with Gasteiger partial charge in [-0.05, 0) is 25.7 Å². The minimum atomic E-state index is -4.24. The van der Waals surface area contributed by atoms with Crippen LogP contribution in [-0.4, -0.2) is 126 Å². The minimum Gasteiger partial charge on any atom is -0.688 e. The fourth-order valence-corrected chi connectivity index (χ4v) is 4.81. The summed E-state index contributed by atoms with van der Waals surface area (Å²) in [6.45, 7) is 4.43. The summed E-state index contributed by atoms with van der Waals surface area (Å²) in [5, 5.41) is 0. The van der Waals surface area contributed by atoms with Crippen molar-refractivity contribution in [3.63, 3.8) is 0 Å². The van der Waals surface area contributed by atoms with E-state index in [1.54, 1.807) is 0 Å². The zero-order chi connectivity index (χ0) is 24.6. The molecule has 0 rings (SSSR count). The SMILES string of the molecule is CCCCCCCCCCCC[P+]([O-])([O-])[O-].CCCCCCCCCCCC[P+]([O-])([O-])[O-].[Ca+2].[Ca+2].[Ca+2]. The normalized spacial score (nSPS) is 11.0. The second kappa shape index (κ2) is 36.4. The molecule has 0 aliphatic heterocycles. The molecule has 0 aliphatic rings. The molecule has 0 heterocycles. The van der Waals surface area contributed by atoms with Crippen LogP contribution < -0.4 is 29.4 Å². The van der Waals surface area contributed by atoms with E-state index in [1.807, 2.05) is 0 Å². The first-order valence-electron chi connectivity index (χ1n) is 13.1. The van der Waals surface area contributed by atoms with Crippen LogP contribution in [0.15, 0.2) is 0 Å². The Bertz CT molecular complexity index is 340. The third-order valence-corrected chi connectivity index (χ3v) is 7.30. The van der Waals surface area contributed by atoms with Crippen LogP contribution in [0.2, 0.25) is 0 Å². The monoisotopic (exact) mass is 616 g/mol. The van der Waals surface area contributed by atoms with Crippen molar-refractivity contribution in [1.82, 2.24) is 0 Å². The molecule has 0 atom stereocenters. The van der Waals surface area contributed by atoms with Gasteiger partial charge in [0.25, 0.3) is 0 Å². The molecule has 6 nitrogen and oxygen atoms in total. The maximum atomic E-state index is 10.3. The van der Waals surface area contributed by atoms with Crippen LogP contribution in [0.3, 0.4) is 0 Å². The molecule has 11 heteroatoms. The van der Waals surface area contributed by atoms with Gasteiger partial charge in [0.15, 0.2) is 0 Å². The van der Waals surface area contributed by atoms with E-state index in [0.717, 1.165) is 25.7 Å². The summed E-state index contributed by atoms with van der Waals surface area (Å²) in [7, 11) is -8.48. The van der Waals surface area contributed by atoms with E-state index >= 15 is 0 Å².